The highest BCUT2D eigenvalue weighted by atomic mass is 31.2. The van der Waals surface area contributed by atoms with Crippen molar-refractivity contribution in [3.63, 3.8) is 0 Å². The highest BCUT2D eigenvalue weighted by Gasteiger charge is 2.42. The van der Waals surface area contributed by atoms with Crippen molar-refractivity contribution < 1.29 is 41.9 Å². The number of halogens is 2. The number of nitrogens with zero attached hydrogens (tertiary/aromatic N) is 1. The molecule has 0 spiro atoms. The number of aliphatic hydroxyl groups is 1. The second-order valence-electron chi connectivity index (χ2n) is 11.1. The molecule has 0 aliphatic carbocycles. The van der Waals surface area contributed by atoms with Crippen molar-refractivity contribution in [2.45, 2.75) is 109 Å². The smallest absolute Gasteiger partial charge is 0.390 e. The molecule has 1 fully saturated rings. The molecule has 248 valence electrons. The Kier molecular flexibility index (Phi) is 15.4. The molecule has 1 aromatic heterocycles. The lowest BCUT2D eigenvalue weighted by molar-refractivity contribution is -0.0773. The topological polar surface area (TPSA) is 149 Å². The molecule has 14 heteroatoms. The number of phosphoric ester groups is 1. The average Bonchev–Trinajstić information content (AvgIpc) is 3.36. The number of nitrogens with one attached hydrogen (secondary N) is 1. The van der Waals surface area contributed by atoms with Crippen LogP contribution in [-0.2, 0) is 29.5 Å². The third kappa shape index (κ3) is 12.6. The van der Waals surface area contributed by atoms with Gasteiger partial charge in [-0.1, -0.05) is 63.5 Å². The molecule has 0 radical (unpaired) electrons. The number of aliphatic hydroxyl groups excluding tert-OH is 1. The molecule has 0 saturated carbocycles. The average molecular weight is 647 g/mol. The molecule has 2 aromatic rings. The molecule has 1 aliphatic rings. The van der Waals surface area contributed by atoms with Gasteiger partial charge in [0.15, 0.2) is 0 Å². The third-order valence-corrected chi connectivity index (χ3v) is 8.64. The molecule has 44 heavy (non-hydrogen) atoms. The van der Waals surface area contributed by atoms with E-state index in [1.807, 2.05) is 17.1 Å². The van der Waals surface area contributed by atoms with E-state index < -0.39 is 49.4 Å². The van der Waals surface area contributed by atoms with Crippen LogP contribution >= 0.6 is 7.82 Å². The van der Waals surface area contributed by atoms with Crippen LogP contribution < -0.4 is 11.2 Å². The molecule has 0 bridgehead atoms. The number of H-pyrrole nitrogens is 1. The van der Waals surface area contributed by atoms with Gasteiger partial charge in [-0.25, -0.2) is 13.8 Å². The van der Waals surface area contributed by atoms with Gasteiger partial charge >= 0.3 is 13.5 Å². The van der Waals surface area contributed by atoms with Gasteiger partial charge in [-0.3, -0.25) is 23.4 Å². The summed E-state index contributed by atoms with van der Waals surface area (Å²) in [6, 6.07) is 6.74. The summed E-state index contributed by atoms with van der Waals surface area (Å²) in [5.41, 5.74) is -0.905. The minimum absolute atomic E-state index is 0.106. The first-order valence-electron chi connectivity index (χ1n) is 15.4. The molecule has 1 unspecified atom stereocenters. The highest BCUT2D eigenvalue weighted by Crippen LogP contribution is 2.46. The molecule has 1 aliphatic heterocycles. The molecular formula is C30H45F2N2O9P. The number of aryl methyl sites for hydroxylation is 1. The van der Waals surface area contributed by atoms with Crippen LogP contribution in [-0.4, -0.2) is 57.7 Å². The van der Waals surface area contributed by atoms with Gasteiger partial charge in [0, 0.05) is 13.0 Å². The van der Waals surface area contributed by atoms with E-state index in [0.717, 1.165) is 36.7 Å². The van der Waals surface area contributed by atoms with Gasteiger partial charge in [-0.15, -0.1) is 0 Å². The van der Waals surface area contributed by atoms with Crippen molar-refractivity contribution in [2.24, 2.45) is 0 Å². The minimum Gasteiger partial charge on any atom is -0.390 e. The Hall–Kier alpha value is -2.25. The van der Waals surface area contributed by atoms with E-state index in [1.54, 1.807) is 0 Å². The molecule has 5 atom stereocenters. The van der Waals surface area contributed by atoms with Crippen molar-refractivity contribution in [3.8, 4) is 0 Å². The Bertz CT molecular complexity index is 1290. The Morgan fingerprint density at radius 1 is 0.977 bits per heavy atom. The van der Waals surface area contributed by atoms with Gasteiger partial charge < -0.3 is 19.5 Å². The SMILES string of the molecule is C[C@@H](OP(=O)(O)OCCOCCCCCCCCCCCCc1ccc(F)cc1)[C@H]1O[C@@H](n2cc(F)c(=O)[nH]c2=O)C[C@@H]1O. The number of ether oxygens (including phenoxy) is 2. The molecule has 2 heterocycles. The molecule has 3 rings (SSSR count). The van der Waals surface area contributed by atoms with Gasteiger partial charge in [0.05, 0.1) is 31.6 Å². The summed E-state index contributed by atoms with van der Waals surface area (Å²) in [5.74, 6) is -1.38. The summed E-state index contributed by atoms with van der Waals surface area (Å²) in [5, 5.41) is 10.3. The van der Waals surface area contributed by atoms with Crippen LogP contribution in [0.3, 0.4) is 0 Å². The van der Waals surface area contributed by atoms with Crippen molar-refractivity contribution in [1.82, 2.24) is 9.55 Å². The van der Waals surface area contributed by atoms with Crippen molar-refractivity contribution >= 4 is 7.82 Å². The second-order valence-corrected chi connectivity index (χ2v) is 12.5. The zero-order valence-electron chi connectivity index (χ0n) is 25.2. The summed E-state index contributed by atoms with van der Waals surface area (Å²) in [4.78, 5) is 35.1. The van der Waals surface area contributed by atoms with Crippen molar-refractivity contribution in [1.29, 1.82) is 0 Å². The predicted molar refractivity (Wildman–Crippen MR) is 159 cm³/mol. The maximum atomic E-state index is 13.6. The normalized spacial score (nSPS) is 20.5. The number of aromatic amines is 1. The summed E-state index contributed by atoms with van der Waals surface area (Å²) in [6.45, 7) is 1.84. The quantitative estimate of drug-likeness (QED) is 0.124. The van der Waals surface area contributed by atoms with Crippen LogP contribution in [0, 0.1) is 11.6 Å². The van der Waals surface area contributed by atoms with E-state index in [1.165, 1.54) is 63.1 Å². The molecule has 11 nitrogen and oxygen atoms in total. The minimum atomic E-state index is -4.51. The summed E-state index contributed by atoms with van der Waals surface area (Å²) in [7, 11) is -4.51. The van der Waals surface area contributed by atoms with E-state index in [4.69, 9.17) is 18.5 Å². The lowest BCUT2D eigenvalue weighted by Gasteiger charge is -2.24. The van der Waals surface area contributed by atoms with Crippen LogP contribution in [0.2, 0.25) is 0 Å². The third-order valence-electron chi connectivity index (χ3n) is 7.53. The zero-order chi connectivity index (χ0) is 32.0. The molecule has 1 aromatic carbocycles. The van der Waals surface area contributed by atoms with Gasteiger partial charge in [-0.2, -0.15) is 4.39 Å². The standard InChI is InChI=1S/C30H45F2N2O9P/c1-22(28-26(35)20-27(42-28)34-21-25(32)29(36)33-30(34)37)43-44(38,39)41-19-18-40-17-11-9-7-5-3-2-4-6-8-10-12-23-13-15-24(31)16-14-23/h13-16,21-22,26-28,35H,2-12,17-20H2,1H3,(H,38,39)(H,33,36,37)/t22-,26+,27-,28-/m1/s1. The summed E-state index contributed by atoms with van der Waals surface area (Å²) in [6.07, 6.45) is 8.49. The van der Waals surface area contributed by atoms with Gasteiger partial charge in [0.2, 0.25) is 5.82 Å². The number of hydrogen-bond acceptors (Lipinski definition) is 8. The van der Waals surface area contributed by atoms with E-state index in [9.17, 15) is 32.9 Å². The van der Waals surface area contributed by atoms with Crippen LogP contribution in [0.4, 0.5) is 8.78 Å². The van der Waals surface area contributed by atoms with Gasteiger partial charge in [0.25, 0.3) is 5.56 Å². The Morgan fingerprint density at radius 2 is 1.59 bits per heavy atom. The van der Waals surface area contributed by atoms with Gasteiger partial charge in [-0.05, 0) is 43.9 Å². The Morgan fingerprint density at radius 3 is 2.25 bits per heavy atom. The molecule has 0 amide bonds. The fourth-order valence-corrected chi connectivity index (χ4v) is 6.06. The molecular weight excluding hydrogens is 601 g/mol. The largest absolute Gasteiger partial charge is 0.472 e. The maximum absolute atomic E-state index is 13.6. The highest BCUT2D eigenvalue weighted by molar-refractivity contribution is 7.47. The van der Waals surface area contributed by atoms with E-state index in [0.29, 0.717) is 12.8 Å². The van der Waals surface area contributed by atoms with Gasteiger partial charge in [0.1, 0.15) is 18.1 Å². The van der Waals surface area contributed by atoms with Crippen LogP contribution in [0.1, 0.15) is 89.3 Å². The van der Waals surface area contributed by atoms with Crippen molar-refractivity contribution in [2.75, 3.05) is 19.8 Å². The second kappa shape index (κ2) is 18.7. The first-order valence-corrected chi connectivity index (χ1v) is 16.9. The number of rotatable bonds is 21. The first-order chi connectivity index (χ1) is 21.1. The number of aromatic nitrogens is 2. The first kappa shape index (κ1) is 36.2. The molecule has 3 N–H and O–H groups in total. The lowest BCUT2D eigenvalue weighted by Crippen LogP contribution is -2.35. The number of benzene rings is 1. The van der Waals surface area contributed by atoms with Crippen LogP contribution in [0.25, 0.3) is 0 Å². The van der Waals surface area contributed by atoms with Crippen LogP contribution in [0.15, 0.2) is 40.1 Å². The monoisotopic (exact) mass is 646 g/mol. The lowest BCUT2D eigenvalue weighted by atomic mass is 10.0. The summed E-state index contributed by atoms with van der Waals surface area (Å²) < 4.78 is 60.8. The summed E-state index contributed by atoms with van der Waals surface area (Å²) >= 11 is 0. The van der Waals surface area contributed by atoms with E-state index in [2.05, 4.69) is 0 Å². The Labute approximate surface area is 256 Å². The predicted octanol–water partition coefficient (Wildman–Crippen LogP) is 5.15. The number of phosphoric acid groups is 1. The number of hydrogen-bond donors (Lipinski definition) is 3. The Balaban J connectivity index is 1.16. The van der Waals surface area contributed by atoms with E-state index >= 15 is 0 Å². The maximum Gasteiger partial charge on any atom is 0.472 e. The fourth-order valence-electron chi connectivity index (χ4n) is 5.16. The fraction of sp³-hybridized carbons (Fsp3) is 0.667. The zero-order valence-corrected chi connectivity index (χ0v) is 26.1. The molecule has 1 saturated heterocycles. The van der Waals surface area contributed by atoms with E-state index in [-0.39, 0.29) is 25.5 Å². The number of unbranched alkanes of at least 4 members (excludes halogenated alkanes) is 9. The van der Waals surface area contributed by atoms with Crippen molar-refractivity contribution in [3.05, 3.63) is 68.5 Å². The van der Waals surface area contributed by atoms with Crippen LogP contribution in [0.5, 0.6) is 0 Å².